The molecule has 3 heteroatoms. The van der Waals surface area contributed by atoms with Gasteiger partial charge in [-0.1, -0.05) is 44.9 Å². The van der Waals surface area contributed by atoms with E-state index >= 15 is 0 Å². The fourth-order valence-electron chi connectivity index (χ4n) is 5.53. The van der Waals surface area contributed by atoms with E-state index in [4.69, 9.17) is 4.74 Å². The van der Waals surface area contributed by atoms with Gasteiger partial charge in [0.05, 0.1) is 7.11 Å². The number of aromatic nitrogens is 1. The molecule has 2 fully saturated rings. The summed E-state index contributed by atoms with van der Waals surface area (Å²) in [4.78, 5) is 6.24. The van der Waals surface area contributed by atoms with Gasteiger partial charge in [0, 0.05) is 23.1 Å². The van der Waals surface area contributed by atoms with E-state index in [1.54, 1.807) is 7.11 Å². The second-order valence-corrected chi connectivity index (χ2v) is 9.26. The zero-order valence-electron chi connectivity index (χ0n) is 17.9. The van der Waals surface area contributed by atoms with Crippen molar-refractivity contribution in [3.63, 3.8) is 0 Å². The normalized spacial score (nSPS) is 20.1. The number of nitrogens with zero attached hydrogens (tertiary/aromatic N) is 1. The van der Waals surface area contributed by atoms with Crippen LogP contribution in [-0.2, 0) is 6.42 Å². The number of hydrogen-bond acceptors (Lipinski definition) is 2. The molecule has 2 heterocycles. The Morgan fingerprint density at radius 3 is 2.43 bits per heavy atom. The molecular formula is C25H38N2O. The first-order chi connectivity index (χ1) is 13.7. The highest BCUT2D eigenvalue weighted by molar-refractivity contribution is 5.86. The number of fused-ring (bicyclic) bond motifs is 1. The quantitative estimate of drug-likeness (QED) is 0.626. The smallest absolute Gasteiger partial charge is 0.119 e. The Hall–Kier alpha value is -1.48. The number of methoxy groups -OCH3 is 1. The van der Waals surface area contributed by atoms with Crippen LogP contribution < -0.4 is 4.74 Å². The molecule has 1 saturated carbocycles. The predicted octanol–water partition coefficient (Wildman–Crippen LogP) is 6.10. The Kier molecular flexibility index (Phi) is 6.61. The fourth-order valence-corrected chi connectivity index (χ4v) is 5.53. The molecule has 4 rings (SSSR count). The van der Waals surface area contributed by atoms with Gasteiger partial charge in [-0.15, -0.1) is 0 Å². The highest BCUT2D eigenvalue weighted by Crippen LogP contribution is 2.32. The number of aromatic amines is 1. The van der Waals surface area contributed by atoms with Gasteiger partial charge in [-0.3, -0.25) is 0 Å². The molecule has 1 N–H and O–H groups in total. The molecule has 0 bridgehead atoms. The van der Waals surface area contributed by atoms with Crippen molar-refractivity contribution >= 4 is 10.9 Å². The largest absolute Gasteiger partial charge is 0.497 e. The number of ether oxygens (including phenoxy) is 1. The summed E-state index contributed by atoms with van der Waals surface area (Å²) in [6.45, 7) is 5.97. The number of piperidine rings is 1. The average Bonchev–Trinajstić information content (AvgIpc) is 3.06. The van der Waals surface area contributed by atoms with Crippen molar-refractivity contribution in [1.29, 1.82) is 0 Å². The standard InChI is InChI=1S/C25H38N2O/c1-19-23(24-18-22(28-2)10-11-25(24)26-19)14-17-27-15-12-21(13-16-27)9-8-20-6-4-3-5-7-20/h10-11,18,20-21,26H,3-9,12-17H2,1-2H3. The highest BCUT2D eigenvalue weighted by Gasteiger charge is 2.21. The molecule has 1 aromatic heterocycles. The van der Waals surface area contributed by atoms with E-state index in [1.807, 2.05) is 6.07 Å². The van der Waals surface area contributed by atoms with Crippen LogP contribution in [0.25, 0.3) is 10.9 Å². The van der Waals surface area contributed by atoms with Gasteiger partial charge in [0.1, 0.15) is 5.75 Å². The monoisotopic (exact) mass is 382 g/mol. The van der Waals surface area contributed by atoms with Gasteiger partial charge in [0.2, 0.25) is 0 Å². The van der Waals surface area contributed by atoms with Crippen LogP contribution in [0.5, 0.6) is 5.75 Å². The van der Waals surface area contributed by atoms with E-state index in [-0.39, 0.29) is 0 Å². The molecule has 0 amide bonds. The molecule has 1 aromatic carbocycles. The molecule has 1 aliphatic heterocycles. The maximum Gasteiger partial charge on any atom is 0.119 e. The number of nitrogens with one attached hydrogen (secondary N) is 1. The van der Waals surface area contributed by atoms with Crippen LogP contribution in [0, 0.1) is 18.8 Å². The van der Waals surface area contributed by atoms with Crippen LogP contribution in [0.2, 0.25) is 0 Å². The molecule has 2 aliphatic rings. The number of benzene rings is 1. The Balaban J connectivity index is 1.25. The average molecular weight is 383 g/mol. The van der Waals surface area contributed by atoms with Crippen molar-refractivity contribution in [2.75, 3.05) is 26.7 Å². The molecule has 0 unspecified atom stereocenters. The third-order valence-corrected chi connectivity index (χ3v) is 7.42. The van der Waals surface area contributed by atoms with Crippen molar-refractivity contribution in [2.24, 2.45) is 11.8 Å². The molecule has 28 heavy (non-hydrogen) atoms. The molecular weight excluding hydrogens is 344 g/mol. The number of hydrogen-bond donors (Lipinski definition) is 1. The van der Waals surface area contributed by atoms with Gasteiger partial charge in [-0.2, -0.15) is 0 Å². The molecule has 0 radical (unpaired) electrons. The van der Waals surface area contributed by atoms with Crippen LogP contribution in [-0.4, -0.2) is 36.6 Å². The van der Waals surface area contributed by atoms with E-state index < -0.39 is 0 Å². The predicted molar refractivity (Wildman–Crippen MR) is 118 cm³/mol. The zero-order valence-corrected chi connectivity index (χ0v) is 17.9. The third kappa shape index (κ3) is 4.74. The van der Waals surface area contributed by atoms with Crippen molar-refractivity contribution in [3.05, 3.63) is 29.5 Å². The van der Waals surface area contributed by atoms with Crippen molar-refractivity contribution in [3.8, 4) is 5.75 Å². The number of aryl methyl sites for hydroxylation is 1. The van der Waals surface area contributed by atoms with Crippen molar-refractivity contribution in [1.82, 2.24) is 9.88 Å². The topological polar surface area (TPSA) is 28.3 Å². The van der Waals surface area contributed by atoms with Crippen LogP contribution >= 0.6 is 0 Å². The van der Waals surface area contributed by atoms with Crippen LogP contribution in [0.1, 0.15) is 69.0 Å². The summed E-state index contributed by atoms with van der Waals surface area (Å²) in [7, 11) is 1.75. The van der Waals surface area contributed by atoms with Gasteiger partial charge in [0.15, 0.2) is 0 Å². The number of H-pyrrole nitrogens is 1. The molecule has 0 atom stereocenters. The Morgan fingerprint density at radius 2 is 1.71 bits per heavy atom. The first-order valence-corrected chi connectivity index (χ1v) is 11.6. The molecule has 0 spiro atoms. The molecule has 1 saturated heterocycles. The summed E-state index contributed by atoms with van der Waals surface area (Å²) in [5, 5.41) is 1.33. The lowest BCUT2D eigenvalue weighted by atomic mass is 9.82. The Morgan fingerprint density at radius 1 is 1.00 bits per heavy atom. The summed E-state index contributed by atoms with van der Waals surface area (Å²) >= 11 is 0. The van der Waals surface area contributed by atoms with E-state index in [2.05, 4.69) is 28.9 Å². The van der Waals surface area contributed by atoms with E-state index in [0.717, 1.165) is 24.0 Å². The minimum absolute atomic E-state index is 0.950. The van der Waals surface area contributed by atoms with E-state index in [0.29, 0.717) is 0 Å². The fraction of sp³-hybridized carbons (Fsp3) is 0.680. The number of rotatable bonds is 7. The molecule has 1 aliphatic carbocycles. The maximum absolute atomic E-state index is 5.44. The minimum Gasteiger partial charge on any atom is -0.497 e. The van der Waals surface area contributed by atoms with Crippen LogP contribution in [0.3, 0.4) is 0 Å². The lowest BCUT2D eigenvalue weighted by Gasteiger charge is -2.33. The Bertz CT molecular complexity index is 751. The highest BCUT2D eigenvalue weighted by atomic mass is 16.5. The molecule has 2 aromatic rings. The first-order valence-electron chi connectivity index (χ1n) is 11.6. The van der Waals surface area contributed by atoms with E-state index in [1.165, 1.54) is 99.6 Å². The van der Waals surface area contributed by atoms with Gasteiger partial charge in [-0.25, -0.2) is 0 Å². The van der Waals surface area contributed by atoms with Crippen molar-refractivity contribution < 1.29 is 4.74 Å². The minimum atomic E-state index is 0.950. The second kappa shape index (κ2) is 9.35. The molecule has 3 nitrogen and oxygen atoms in total. The van der Waals surface area contributed by atoms with Crippen molar-refractivity contribution in [2.45, 2.75) is 71.1 Å². The van der Waals surface area contributed by atoms with Gasteiger partial charge in [0.25, 0.3) is 0 Å². The van der Waals surface area contributed by atoms with Gasteiger partial charge >= 0.3 is 0 Å². The van der Waals surface area contributed by atoms with E-state index in [9.17, 15) is 0 Å². The Labute approximate surface area is 170 Å². The summed E-state index contributed by atoms with van der Waals surface area (Å²) in [5.41, 5.74) is 4.01. The summed E-state index contributed by atoms with van der Waals surface area (Å²) in [6.07, 6.45) is 14.4. The first kappa shape index (κ1) is 19.8. The van der Waals surface area contributed by atoms with Gasteiger partial charge < -0.3 is 14.6 Å². The zero-order chi connectivity index (χ0) is 19.3. The van der Waals surface area contributed by atoms with Crippen LogP contribution in [0.4, 0.5) is 0 Å². The molecule has 154 valence electrons. The lowest BCUT2D eigenvalue weighted by molar-refractivity contribution is 0.172. The van der Waals surface area contributed by atoms with Gasteiger partial charge in [-0.05, 0) is 74.9 Å². The summed E-state index contributed by atoms with van der Waals surface area (Å²) < 4.78 is 5.44. The second-order valence-electron chi connectivity index (χ2n) is 9.26. The lowest BCUT2D eigenvalue weighted by Crippen LogP contribution is -2.35. The van der Waals surface area contributed by atoms with Crippen LogP contribution in [0.15, 0.2) is 18.2 Å². The summed E-state index contributed by atoms with van der Waals surface area (Å²) in [5.74, 6) is 2.98. The SMILES string of the molecule is COc1ccc2[nH]c(C)c(CCN3CCC(CCC4CCCCC4)CC3)c2c1. The number of likely N-dealkylation sites (tertiary alicyclic amines) is 1. The summed E-state index contributed by atoms with van der Waals surface area (Å²) in [6, 6.07) is 6.37. The third-order valence-electron chi connectivity index (χ3n) is 7.42. The maximum atomic E-state index is 5.44.